The van der Waals surface area contributed by atoms with Crippen molar-refractivity contribution in [2.24, 2.45) is 0 Å². The Morgan fingerprint density at radius 1 is 1.29 bits per heavy atom. The topological polar surface area (TPSA) is 76.5 Å². The van der Waals surface area contributed by atoms with Gasteiger partial charge < -0.3 is 19.5 Å². The molecule has 1 aliphatic heterocycles. The predicted molar refractivity (Wildman–Crippen MR) is 152 cm³/mol. The van der Waals surface area contributed by atoms with E-state index in [9.17, 15) is 14.0 Å². The normalized spacial score (nSPS) is 15.6. The van der Waals surface area contributed by atoms with E-state index < -0.39 is 6.04 Å². The molecule has 4 rings (SSSR count). The number of piperidine rings is 1. The summed E-state index contributed by atoms with van der Waals surface area (Å²) in [5.74, 6) is -0.355. The van der Waals surface area contributed by atoms with E-state index in [1.807, 2.05) is 35.2 Å². The van der Waals surface area contributed by atoms with Crippen molar-refractivity contribution in [3.63, 3.8) is 0 Å². The van der Waals surface area contributed by atoms with Crippen molar-refractivity contribution in [1.82, 2.24) is 19.8 Å². The molecule has 0 spiro atoms. The lowest BCUT2D eigenvalue weighted by molar-refractivity contribution is -0.153. The van der Waals surface area contributed by atoms with Crippen molar-refractivity contribution >= 4 is 41.1 Å². The lowest BCUT2D eigenvalue weighted by Crippen LogP contribution is -2.44. The third-order valence-corrected chi connectivity index (χ3v) is 8.16. The molecule has 38 heavy (non-hydrogen) atoms. The smallest absolute Gasteiger partial charge is 0.328 e. The SMILES string of the molecule is CSCC[C@H](NC(=O)c1sc(/C=C/Cn2ccnc2)cc1-c1ccc(F)cc1)C(=O)OC1CCN(C)CC1. The maximum absolute atomic E-state index is 13.6. The molecule has 202 valence electrons. The van der Waals surface area contributed by atoms with Crippen LogP contribution < -0.4 is 5.32 Å². The molecule has 1 aromatic carbocycles. The van der Waals surface area contributed by atoms with Gasteiger partial charge in [-0.15, -0.1) is 11.3 Å². The molecule has 7 nitrogen and oxygen atoms in total. The largest absolute Gasteiger partial charge is 0.461 e. The highest BCUT2D eigenvalue weighted by molar-refractivity contribution is 7.98. The Hall–Kier alpha value is -2.95. The van der Waals surface area contributed by atoms with Gasteiger partial charge in [0.05, 0.1) is 6.33 Å². The number of nitrogens with zero attached hydrogens (tertiary/aromatic N) is 3. The van der Waals surface area contributed by atoms with Crippen molar-refractivity contribution in [2.45, 2.75) is 38.0 Å². The standard InChI is InChI=1S/C28H33FN4O3S2/c1-32-14-9-22(10-15-32)36-28(35)25(11-17-37-2)31-27(34)26-24(20-5-7-21(29)8-6-20)18-23(38-26)4-3-13-33-16-12-30-19-33/h3-8,12,16,18-19,22,25H,9-11,13-15,17H2,1-2H3,(H,31,34)/b4-3+/t25-/m0/s1. The molecule has 1 N–H and O–H groups in total. The Labute approximate surface area is 231 Å². The summed E-state index contributed by atoms with van der Waals surface area (Å²) in [7, 11) is 2.06. The lowest BCUT2D eigenvalue weighted by Gasteiger charge is -2.30. The minimum atomic E-state index is -0.738. The Kier molecular flexibility index (Phi) is 10.1. The average Bonchev–Trinajstić information content (AvgIpc) is 3.59. The van der Waals surface area contributed by atoms with Gasteiger partial charge in [-0.1, -0.05) is 18.2 Å². The summed E-state index contributed by atoms with van der Waals surface area (Å²) in [6.07, 6.45) is 13.2. The first-order valence-corrected chi connectivity index (χ1v) is 14.8. The summed E-state index contributed by atoms with van der Waals surface area (Å²) < 4.78 is 21.4. The van der Waals surface area contributed by atoms with Crippen molar-refractivity contribution in [2.75, 3.05) is 32.1 Å². The first kappa shape index (κ1) is 28.1. The first-order chi connectivity index (χ1) is 18.4. The van der Waals surface area contributed by atoms with Crippen LogP contribution in [0.2, 0.25) is 0 Å². The number of imidazole rings is 1. The third-order valence-electron chi connectivity index (χ3n) is 6.42. The van der Waals surface area contributed by atoms with Crippen LogP contribution in [0, 0.1) is 5.82 Å². The summed E-state index contributed by atoms with van der Waals surface area (Å²) >= 11 is 2.95. The molecular weight excluding hydrogens is 523 g/mol. The zero-order valence-electron chi connectivity index (χ0n) is 21.6. The minimum Gasteiger partial charge on any atom is -0.461 e. The van der Waals surface area contributed by atoms with E-state index >= 15 is 0 Å². The predicted octanol–water partition coefficient (Wildman–Crippen LogP) is 4.95. The van der Waals surface area contributed by atoms with Gasteiger partial charge in [-0.05, 0) is 68.2 Å². The highest BCUT2D eigenvalue weighted by Crippen LogP contribution is 2.33. The monoisotopic (exact) mass is 556 g/mol. The summed E-state index contributed by atoms with van der Waals surface area (Å²) in [5.41, 5.74) is 1.43. The summed E-state index contributed by atoms with van der Waals surface area (Å²) in [4.78, 5) is 34.3. The fraction of sp³-hybridized carbons (Fsp3) is 0.393. The summed E-state index contributed by atoms with van der Waals surface area (Å²) in [6, 6.07) is 7.26. The molecule has 0 unspecified atom stereocenters. The second kappa shape index (κ2) is 13.7. The van der Waals surface area contributed by atoms with Crippen molar-refractivity contribution in [3.8, 4) is 11.1 Å². The second-order valence-electron chi connectivity index (χ2n) is 9.31. The van der Waals surface area contributed by atoms with Crippen LogP contribution in [0.15, 0.2) is 55.1 Å². The minimum absolute atomic E-state index is 0.129. The lowest BCUT2D eigenvalue weighted by atomic mass is 10.1. The molecule has 0 aliphatic carbocycles. The fourth-order valence-electron chi connectivity index (χ4n) is 4.25. The second-order valence-corrected chi connectivity index (χ2v) is 11.4. The Bertz CT molecular complexity index is 1220. The summed E-state index contributed by atoms with van der Waals surface area (Å²) in [5, 5.41) is 2.94. The van der Waals surface area contributed by atoms with Gasteiger partial charge in [0.15, 0.2) is 0 Å². The average molecular weight is 557 g/mol. The van der Waals surface area contributed by atoms with Crippen LogP contribution in [0.25, 0.3) is 17.2 Å². The first-order valence-electron chi connectivity index (χ1n) is 12.6. The van der Waals surface area contributed by atoms with E-state index in [0.29, 0.717) is 29.2 Å². The molecule has 1 aliphatic rings. The number of ether oxygens (including phenoxy) is 1. The van der Waals surface area contributed by atoms with E-state index in [1.54, 1.807) is 36.4 Å². The highest BCUT2D eigenvalue weighted by Gasteiger charge is 2.28. The molecule has 1 atom stereocenters. The number of allylic oxidation sites excluding steroid dienone is 1. The number of thiophene rings is 1. The number of carbonyl (C=O) groups excluding carboxylic acids is 2. The van der Waals surface area contributed by atoms with Crippen molar-refractivity contribution in [3.05, 3.63) is 70.7 Å². The van der Waals surface area contributed by atoms with Gasteiger partial charge >= 0.3 is 5.97 Å². The number of thioether (sulfide) groups is 1. The molecule has 3 heterocycles. The van der Waals surface area contributed by atoms with Crippen LogP contribution in [-0.4, -0.2) is 70.6 Å². The van der Waals surface area contributed by atoms with E-state index in [-0.39, 0.29) is 23.8 Å². The van der Waals surface area contributed by atoms with Crippen LogP contribution in [0.5, 0.6) is 0 Å². The molecule has 1 saturated heterocycles. The van der Waals surface area contributed by atoms with Crippen molar-refractivity contribution in [1.29, 1.82) is 0 Å². The van der Waals surface area contributed by atoms with Crippen LogP contribution in [0.3, 0.4) is 0 Å². The van der Waals surface area contributed by atoms with E-state index in [4.69, 9.17) is 4.74 Å². The van der Waals surface area contributed by atoms with Gasteiger partial charge in [0.25, 0.3) is 5.91 Å². The fourth-order valence-corrected chi connectivity index (χ4v) is 5.73. The molecule has 0 saturated carbocycles. The molecule has 0 bridgehead atoms. The van der Waals surface area contributed by atoms with Crippen molar-refractivity contribution < 1.29 is 18.7 Å². The van der Waals surface area contributed by atoms with Crippen LogP contribution in [-0.2, 0) is 16.1 Å². The van der Waals surface area contributed by atoms with E-state index in [1.165, 1.54) is 23.5 Å². The number of esters is 1. The molecule has 1 fully saturated rings. The molecule has 2 aromatic heterocycles. The third kappa shape index (κ3) is 7.78. The summed E-state index contributed by atoms with van der Waals surface area (Å²) in [6.45, 7) is 2.41. The number of hydrogen-bond donors (Lipinski definition) is 1. The van der Waals surface area contributed by atoms with Crippen LogP contribution in [0.4, 0.5) is 4.39 Å². The van der Waals surface area contributed by atoms with Gasteiger partial charge in [-0.3, -0.25) is 4.79 Å². The van der Waals surface area contributed by atoms with Crippen LogP contribution >= 0.6 is 23.1 Å². The molecule has 0 radical (unpaired) electrons. The number of halogens is 1. The van der Waals surface area contributed by atoms with Gasteiger partial charge in [-0.2, -0.15) is 11.8 Å². The maximum atomic E-state index is 13.6. The maximum Gasteiger partial charge on any atom is 0.328 e. The van der Waals surface area contributed by atoms with Gasteiger partial charge in [0, 0.05) is 42.5 Å². The quantitative estimate of drug-likeness (QED) is 0.337. The number of nitrogens with one attached hydrogen (secondary N) is 1. The number of rotatable bonds is 11. The number of hydrogen-bond acceptors (Lipinski definition) is 7. The molecule has 3 aromatic rings. The Balaban J connectivity index is 1.53. The van der Waals surface area contributed by atoms with E-state index in [0.717, 1.165) is 36.4 Å². The number of carbonyl (C=O) groups is 2. The number of likely N-dealkylation sites (tertiary alicyclic amines) is 1. The molecular formula is C28H33FN4O3S2. The van der Waals surface area contributed by atoms with E-state index in [2.05, 4.69) is 22.2 Å². The molecule has 1 amide bonds. The molecule has 10 heteroatoms. The number of benzene rings is 1. The zero-order valence-corrected chi connectivity index (χ0v) is 23.3. The Morgan fingerprint density at radius 2 is 2.05 bits per heavy atom. The van der Waals surface area contributed by atoms with Crippen LogP contribution in [0.1, 0.15) is 33.8 Å². The zero-order chi connectivity index (χ0) is 26.9. The van der Waals surface area contributed by atoms with Gasteiger partial charge in [0.1, 0.15) is 22.8 Å². The van der Waals surface area contributed by atoms with Gasteiger partial charge in [-0.25, -0.2) is 14.2 Å². The van der Waals surface area contributed by atoms with Gasteiger partial charge in [0.2, 0.25) is 0 Å². The number of amides is 1. The highest BCUT2D eigenvalue weighted by atomic mass is 32.2. The Morgan fingerprint density at radius 3 is 2.74 bits per heavy atom. The number of aromatic nitrogens is 2.